The molecule has 0 aliphatic carbocycles. The van der Waals surface area contributed by atoms with Crippen molar-refractivity contribution in [2.75, 3.05) is 17.2 Å². The minimum absolute atomic E-state index is 0.178. The molecule has 2 rings (SSSR count). The first-order chi connectivity index (χ1) is 6.59. The zero-order valence-corrected chi connectivity index (χ0v) is 7.74. The Labute approximate surface area is 81.2 Å². The molecule has 0 aromatic carbocycles. The molecular formula is C9H11N3O2. The lowest BCUT2D eigenvalue weighted by atomic mass is 10.1. The van der Waals surface area contributed by atoms with Crippen LogP contribution in [0.3, 0.4) is 0 Å². The van der Waals surface area contributed by atoms with Gasteiger partial charge in [0.1, 0.15) is 0 Å². The molecule has 0 spiro atoms. The fourth-order valence-corrected chi connectivity index (χ4v) is 1.24. The number of carbonyl (C=O) groups excluding carboxylic acids is 1. The van der Waals surface area contributed by atoms with Crippen LogP contribution in [0.15, 0.2) is 18.3 Å². The van der Waals surface area contributed by atoms with Crippen LogP contribution in [0.5, 0.6) is 0 Å². The van der Waals surface area contributed by atoms with Gasteiger partial charge in [-0.3, -0.25) is 4.79 Å². The molecule has 1 aromatic rings. The first-order valence-electron chi connectivity index (χ1n) is 4.32. The molecule has 2 heterocycles. The summed E-state index contributed by atoms with van der Waals surface area (Å²) >= 11 is 0. The molecule has 14 heavy (non-hydrogen) atoms. The van der Waals surface area contributed by atoms with Crippen molar-refractivity contribution in [3.8, 4) is 0 Å². The number of hydrogen-bond acceptors (Lipinski definition) is 4. The fourth-order valence-electron chi connectivity index (χ4n) is 1.24. The molecule has 1 aromatic heterocycles. The second-order valence-electron chi connectivity index (χ2n) is 3.48. The van der Waals surface area contributed by atoms with E-state index in [1.54, 1.807) is 18.3 Å². The van der Waals surface area contributed by atoms with Gasteiger partial charge in [-0.25, -0.2) is 4.98 Å². The minimum Gasteiger partial charge on any atom is -0.379 e. The van der Waals surface area contributed by atoms with Gasteiger partial charge in [0.05, 0.1) is 12.2 Å². The van der Waals surface area contributed by atoms with E-state index < -0.39 is 11.5 Å². The predicted octanol–water partition coefficient (Wildman–Crippen LogP) is 0.197. The fraction of sp³-hybridized carbons (Fsp3) is 0.333. The lowest BCUT2D eigenvalue weighted by molar-refractivity contribution is -0.131. The first-order valence-corrected chi connectivity index (χ1v) is 4.32. The molecule has 5 nitrogen and oxygen atoms in total. The number of aliphatic hydroxyl groups is 1. The molecule has 0 fully saturated rings. The highest BCUT2D eigenvalue weighted by Gasteiger charge is 2.33. The van der Waals surface area contributed by atoms with Crippen molar-refractivity contribution in [1.82, 2.24) is 4.98 Å². The Morgan fingerprint density at radius 2 is 2.43 bits per heavy atom. The van der Waals surface area contributed by atoms with E-state index in [2.05, 4.69) is 15.6 Å². The molecule has 1 unspecified atom stereocenters. The first kappa shape index (κ1) is 8.96. The van der Waals surface area contributed by atoms with Crippen molar-refractivity contribution in [2.24, 2.45) is 0 Å². The summed E-state index contributed by atoms with van der Waals surface area (Å²) in [6.07, 6.45) is 1.58. The van der Waals surface area contributed by atoms with Gasteiger partial charge < -0.3 is 15.7 Å². The van der Waals surface area contributed by atoms with Crippen LogP contribution in [-0.2, 0) is 4.79 Å². The highest BCUT2D eigenvalue weighted by molar-refractivity contribution is 6.00. The molecule has 0 saturated heterocycles. The van der Waals surface area contributed by atoms with E-state index in [-0.39, 0.29) is 6.54 Å². The van der Waals surface area contributed by atoms with Gasteiger partial charge in [0.15, 0.2) is 11.4 Å². The van der Waals surface area contributed by atoms with E-state index in [0.29, 0.717) is 5.82 Å². The Bertz CT molecular complexity index is 376. The maximum Gasteiger partial charge on any atom is 0.259 e. The topological polar surface area (TPSA) is 74.2 Å². The average molecular weight is 193 g/mol. The van der Waals surface area contributed by atoms with Gasteiger partial charge in [-0.15, -0.1) is 0 Å². The summed E-state index contributed by atoms with van der Waals surface area (Å²) < 4.78 is 0. The number of fused-ring (bicyclic) bond motifs is 1. The monoisotopic (exact) mass is 193 g/mol. The molecule has 74 valence electrons. The third kappa shape index (κ3) is 1.42. The van der Waals surface area contributed by atoms with Crippen LogP contribution in [0.1, 0.15) is 6.92 Å². The number of nitrogens with one attached hydrogen (secondary N) is 2. The van der Waals surface area contributed by atoms with E-state index in [1.807, 2.05) is 0 Å². The van der Waals surface area contributed by atoms with Crippen LogP contribution in [0.2, 0.25) is 0 Å². The summed E-state index contributed by atoms with van der Waals surface area (Å²) in [5.74, 6) is 0.0118. The Balaban J connectivity index is 2.38. The van der Waals surface area contributed by atoms with Gasteiger partial charge in [-0.1, -0.05) is 0 Å². The van der Waals surface area contributed by atoms with E-state index >= 15 is 0 Å². The molecule has 1 amide bonds. The SMILES string of the molecule is CC1(O)CNc2cccnc2NC1=O. The van der Waals surface area contributed by atoms with Crippen molar-refractivity contribution in [3.63, 3.8) is 0 Å². The Hall–Kier alpha value is -1.62. The lowest BCUT2D eigenvalue weighted by Gasteiger charge is -2.18. The highest BCUT2D eigenvalue weighted by Crippen LogP contribution is 2.23. The van der Waals surface area contributed by atoms with Crippen LogP contribution in [0, 0.1) is 0 Å². The number of β-amino-alcohol motifs (C(OH)–C–C–N with tert-alkyl or cyclic N) is 1. The molecule has 1 aliphatic rings. The van der Waals surface area contributed by atoms with Crippen molar-refractivity contribution < 1.29 is 9.90 Å². The van der Waals surface area contributed by atoms with Crippen molar-refractivity contribution in [3.05, 3.63) is 18.3 Å². The maximum atomic E-state index is 11.5. The molecule has 5 heteroatoms. The van der Waals surface area contributed by atoms with E-state index in [9.17, 15) is 9.90 Å². The van der Waals surface area contributed by atoms with E-state index in [1.165, 1.54) is 6.92 Å². The number of nitrogens with zero attached hydrogens (tertiary/aromatic N) is 1. The largest absolute Gasteiger partial charge is 0.379 e. The standard InChI is InChI=1S/C9H11N3O2/c1-9(14)5-11-6-3-2-4-10-7(6)12-8(9)13/h2-4,11,14H,5H2,1H3,(H,10,12,13). The Morgan fingerprint density at radius 3 is 3.21 bits per heavy atom. The van der Waals surface area contributed by atoms with Gasteiger partial charge >= 0.3 is 0 Å². The van der Waals surface area contributed by atoms with Crippen LogP contribution < -0.4 is 10.6 Å². The number of aromatic nitrogens is 1. The maximum absolute atomic E-state index is 11.5. The minimum atomic E-state index is -1.40. The van der Waals surface area contributed by atoms with Gasteiger partial charge in [0.2, 0.25) is 0 Å². The average Bonchev–Trinajstić information content (AvgIpc) is 2.26. The van der Waals surface area contributed by atoms with E-state index in [4.69, 9.17) is 0 Å². The summed E-state index contributed by atoms with van der Waals surface area (Å²) in [6.45, 7) is 1.64. The number of hydrogen-bond donors (Lipinski definition) is 3. The summed E-state index contributed by atoms with van der Waals surface area (Å²) in [5.41, 5.74) is -0.681. The van der Waals surface area contributed by atoms with Gasteiger partial charge in [0, 0.05) is 6.20 Å². The van der Waals surface area contributed by atoms with Gasteiger partial charge in [0.25, 0.3) is 5.91 Å². The zero-order chi connectivity index (χ0) is 10.2. The predicted molar refractivity (Wildman–Crippen MR) is 52.0 cm³/mol. The third-order valence-electron chi connectivity index (χ3n) is 2.15. The van der Waals surface area contributed by atoms with Crippen LogP contribution in [0.4, 0.5) is 11.5 Å². The normalized spacial score (nSPS) is 25.7. The van der Waals surface area contributed by atoms with Crippen molar-refractivity contribution >= 4 is 17.4 Å². The van der Waals surface area contributed by atoms with E-state index in [0.717, 1.165) is 5.69 Å². The van der Waals surface area contributed by atoms with Gasteiger partial charge in [-0.05, 0) is 19.1 Å². The quantitative estimate of drug-likeness (QED) is 0.550. The molecule has 0 bridgehead atoms. The highest BCUT2D eigenvalue weighted by atomic mass is 16.3. The number of pyridine rings is 1. The Kier molecular flexibility index (Phi) is 1.89. The summed E-state index contributed by atoms with van der Waals surface area (Å²) in [5, 5.41) is 15.2. The zero-order valence-electron chi connectivity index (χ0n) is 7.74. The molecule has 0 radical (unpaired) electrons. The second-order valence-corrected chi connectivity index (χ2v) is 3.48. The molecule has 1 aliphatic heterocycles. The molecule has 3 N–H and O–H groups in total. The van der Waals surface area contributed by atoms with Crippen LogP contribution in [0.25, 0.3) is 0 Å². The van der Waals surface area contributed by atoms with Crippen molar-refractivity contribution in [2.45, 2.75) is 12.5 Å². The number of carbonyl (C=O) groups is 1. The summed E-state index contributed by atoms with van der Waals surface area (Å²) in [4.78, 5) is 15.4. The second kappa shape index (κ2) is 2.95. The molecule has 1 atom stereocenters. The van der Waals surface area contributed by atoms with Crippen LogP contribution >= 0.6 is 0 Å². The third-order valence-corrected chi connectivity index (χ3v) is 2.15. The van der Waals surface area contributed by atoms with Crippen molar-refractivity contribution in [1.29, 1.82) is 0 Å². The van der Waals surface area contributed by atoms with Crippen LogP contribution in [-0.4, -0.2) is 28.1 Å². The number of amides is 1. The molecular weight excluding hydrogens is 182 g/mol. The summed E-state index contributed by atoms with van der Waals surface area (Å²) in [6, 6.07) is 3.56. The lowest BCUT2D eigenvalue weighted by Crippen LogP contribution is -2.43. The number of rotatable bonds is 0. The molecule has 0 saturated carbocycles. The smallest absolute Gasteiger partial charge is 0.259 e. The van der Waals surface area contributed by atoms with Gasteiger partial charge in [-0.2, -0.15) is 0 Å². The Morgan fingerprint density at radius 1 is 1.64 bits per heavy atom. The number of anilines is 2. The summed E-state index contributed by atoms with van der Waals surface area (Å²) in [7, 11) is 0.